The second-order valence-electron chi connectivity index (χ2n) is 3.56. The number of aryl methyl sites for hydroxylation is 2. The number of hydrogen-bond acceptors (Lipinski definition) is 2. The Kier molecular flexibility index (Phi) is 3.22. The lowest BCUT2D eigenvalue weighted by Gasteiger charge is -2.02. The zero-order valence-electron chi connectivity index (χ0n) is 8.75. The van der Waals surface area contributed by atoms with E-state index < -0.39 is 0 Å². The molecule has 1 aromatic carbocycles. The smallest absolute Gasteiger partial charge is 0.104 e. The number of halogens is 1. The predicted molar refractivity (Wildman–Crippen MR) is 69.7 cm³/mol. The van der Waals surface area contributed by atoms with Crippen LogP contribution in [0.2, 0.25) is 0 Å². The minimum absolute atomic E-state index is 0.836. The topological polar surface area (TPSA) is 12.9 Å². The highest BCUT2D eigenvalue weighted by atomic mass is 79.9. The Balaban J connectivity index is 2.40. The second kappa shape index (κ2) is 4.45. The van der Waals surface area contributed by atoms with E-state index in [4.69, 9.17) is 0 Å². The Morgan fingerprint density at radius 3 is 2.67 bits per heavy atom. The molecule has 0 aliphatic carbocycles. The van der Waals surface area contributed by atoms with Crippen molar-refractivity contribution < 1.29 is 0 Å². The van der Waals surface area contributed by atoms with Crippen molar-refractivity contribution in [1.82, 2.24) is 4.98 Å². The molecule has 0 amide bonds. The van der Waals surface area contributed by atoms with Crippen LogP contribution in [0.1, 0.15) is 16.1 Å². The van der Waals surface area contributed by atoms with Crippen LogP contribution in [-0.4, -0.2) is 4.98 Å². The lowest BCUT2D eigenvalue weighted by Crippen LogP contribution is -1.84. The van der Waals surface area contributed by atoms with Crippen molar-refractivity contribution in [2.75, 3.05) is 0 Å². The fourth-order valence-electron chi connectivity index (χ4n) is 1.41. The molecule has 2 rings (SSSR count). The predicted octanol–water partition coefficient (Wildman–Crippen LogP) is 4.32. The third kappa shape index (κ3) is 2.29. The number of hydrogen-bond donors (Lipinski definition) is 0. The molecule has 0 unspecified atom stereocenters. The molecule has 1 nitrogen and oxygen atoms in total. The lowest BCUT2D eigenvalue weighted by atomic mass is 10.1. The molecule has 0 saturated heterocycles. The van der Waals surface area contributed by atoms with Crippen LogP contribution >= 0.6 is 27.3 Å². The molecule has 0 spiro atoms. The molecular weight excluding hydrogens is 270 g/mol. The van der Waals surface area contributed by atoms with Gasteiger partial charge >= 0.3 is 0 Å². The van der Waals surface area contributed by atoms with Crippen molar-refractivity contribution in [3.63, 3.8) is 0 Å². The maximum atomic E-state index is 4.54. The van der Waals surface area contributed by atoms with Crippen LogP contribution in [0.4, 0.5) is 0 Å². The Morgan fingerprint density at radius 1 is 1.27 bits per heavy atom. The average molecular weight is 282 g/mol. The third-order valence-corrected chi connectivity index (χ3v) is 4.22. The van der Waals surface area contributed by atoms with Gasteiger partial charge in [-0.05, 0) is 31.0 Å². The van der Waals surface area contributed by atoms with Gasteiger partial charge in [0.05, 0.1) is 11.0 Å². The summed E-state index contributed by atoms with van der Waals surface area (Å²) in [5, 5.41) is 4.08. The van der Waals surface area contributed by atoms with E-state index >= 15 is 0 Å². The molecule has 3 heteroatoms. The van der Waals surface area contributed by atoms with E-state index in [2.05, 4.69) is 58.3 Å². The van der Waals surface area contributed by atoms with Gasteiger partial charge in [0.15, 0.2) is 0 Å². The highest BCUT2D eigenvalue weighted by Gasteiger charge is 2.04. The second-order valence-corrected chi connectivity index (χ2v) is 5.06. The third-order valence-electron chi connectivity index (χ3n) is 2.47. The average Bonchev–Trinajstić information content (AvgIpc) is 2.70. The van der Waals surface area contributed by atoms with E-state index in [1.165, 1.54) is 16.7 Å². The summed E-state index contributed by atoms with van der Waals surface area (Å²) in [6.45, 7) is 4.26. The van der Waals surface area contributed by atoms with Gasteiger partial charge in [0, 0.05) is 10.9 Å². The van der Waals surface area contributed by atoms with Crippen LogP contribution in [0.5, 0.6) is 0 Å². The standard InChI is InChI=1S/C12H12BrNS/c1-8-3-4-10(5-9(8)2)11-7-15-12(6-13)14-11/h3-5,7H,6H2,1-2H3. The number of aromatic nitrogens is 1. The van der Waals surface area contributed by atoms with Gasteiger partial charge in [-0.3, -0.25) is 0 Å². The summed E-state index contributed by atoms with van der Waals surface area (Å²) in [4.78, 5) is 4.54. The van der Waals surface area contributed by atoms with Crippen LogP contribution in [0.25, 0.3) is 11.3 Å². The molecule has 78 valence electrons. The summed E-state index contributed by atoms with van der Waals surface area (Å²) in [7, 11) is 0. The van der Waals surface area contributed by atoms with Crippen molar-refractivity contribution in [3.8, 4) is 11.3 Å². The quantitative estimate of drug-likeness (QED) is 0.747. The van der Waals surface area contributed by atoms with Crippen LogP contribution in [-0.2, 0) is 5.33 Å². The summed E-state index contributed by atoms with van der Waals surface area (Å²) in [6, 6.07) is 6.48. The Labute approximate surface area is 102 Å². The van der Waals surface area contributed by atoms with Gasteiger partial charge in [-0.25, -0.2) is 4.98 Å². The fraction of sp³-hybridized carbons (Fsp3) is 0.250. The first-order chi connectivity index (χ1) is 7.20. The fourth-order valence-corrected chi connectivity index (χ4v) is 2.58. The first-order valence-electron chi connectivity index (χ1n) is 4.78. The minimum atomic E-state index is 0.836. The van der Waals surface area contributed by atoms with Crippen LogP contribution in [0.3, 0.4) is 0 Å². The van der Waals surface area contributed by atoms with Gasteiger partial charge in [-0.15, -0.1) is 11.3 Å². The summed E-state index contributed by atoms with van der Waals surface area (Å²) in [5.41, 5.74) is 4.94. The van der Waals surface area contributed by atoms with Gasteiger partial charge in [-0.1, -0.05) is 28.1 Å². The van der Waals surface area contributed by atoms with Gasteiger partial charge in [-0.2, -0.15) is 0 Å². The Bertz CT molecular complexity index is 476. The van der Waals surface area contributed by atoms with Crippen molar-refractivity contribution in [3.05, 3.63) is 39.7 Å². The van der Waals surface area contributed by atoms with Crippen molar-refractivity contribution >= 4 is 27.3 Å². The zero-order valence-corrected chi connectivity index (χ0v) is 11.2. The summed E-state index contributed by atoms with van der Waals surface area (Å²) in [5.74, 6) is 0. The van der Waals surface area contributed by atoms with Crippen LogP contribution < -0.4 is 0 Å². The number of thiazole rings is 1. The van der Waals surface area contributed by atoms with E-state index in [1.54, 1.807) is 11.3 Å². The molecule has 1 aromatic heterocycles. The van der Waals surface area contributed by atoms with E-state index in [-0.39, 0.29) is 0 Å². The number of benzene rings is 1. The molecular formula is C12H12BrNS. The summed E-state index contributed by atoms with van der Waals surface area (Å²) < 4.78 is 0. The lowest BCUT2D eigenvalue weighted by molar-refractivity contribution is 1.27. The minimum Gasteiger partial charge on any atom is -0.240 e. The Morgan fingerprint density at radius 2 is 2.07 bits per heavy atom. The number of rotatable bonds is 2. The Hall–Kier alpha value is -0.670. The first kappa shape index (κ1) is 10.8. The van der Waals surface area contributed by atoms with E-state index in [9.17, 15) is 0 Å². The molecule has 0 aliphatic heterocycles. The highest BCUT2D eigenvalue weighted by Crippen LogP contribution is 2.24. The summed E-state index contributed by atoms with van der Waals surface area (Å²) >= 11 is 5.11. The molecule has 0 N–H and O–H groups in total. The van der Waals surface area contributed by atoms with Crippen molar-refractivity contribution in [1.29, 1.82) is 0 Å². The molecule has 0 atom stereocenters. The van der Waals surface area contributed by atoms with Gasteiger partial charge in [0.2, 0.25) is 0 Å². The van der Waals surface area contributed by atoms with Crippen molar-refractivity contribution in [2.45, 2.75) is 19.2 Å². The number of nitrogens with zero attached hydrogens (tertiary/aromatic N) is 1. The molecule has 15 heavy (non-hydrogen) atoms. The maximum Gasteiger partial charge on any atom is 0.104 e. The molecule has 0 saturated carbocycles. The zero-order chi connectivity index (χ0) is 10.8. The largest absolute Gasteiger partial charge is 0.240 e. The van der Waals surface area contributed by atoms with Gasteiger partial charge < -0.3 is 0 Å². The molecule has 0 fully saturated rings. The van der Waals surface area contributed by atoms with E-state index in [1.807, 2.05) is 0 Å². The normalized spacial score (nSPS) is 10.6. The number of alkyl halides is 1. The monoisotopic (exact) mass is 281 g/mol. The summed E-state index contributed by atoms with van der Waals surface area (Å²) in [6.07, 6.45) is 0. The molecule has 0 bridgehead atoms. The van der Waals surface area contributed by atoms with E-state index in [0.29, 0.717) is 0 Å². The van der Waals surface area contributed by atoms with Crippen LogP contribution in [0.15, 0.2) is 23.6 Å². The van der Waals surface area contributed by atoms with Crippen LogP contribution in [0, 0.1) is 13.8 Å². The van der Waals surface area contributed by atoms with Gasteiger partial charge in [0.1, 0.15) is 5.01 Å². The SMILES string of the molecule is Cc1ccc(-c2csc(CBr)n2)cc1C. The molecule has 0 aliphatic rings. The first-order valence-corrected chi connectivity index (χ1v) is 6.79. The molecule has 2 aromatic rings. The molecule has 1 heterocycles. The van der Waals surface area contributed by atoms with Gasteiger partial charge in [0.25, 0.3) is 0 Å². The molecule has 0 radical (unpaired) electrons. The highest BCUT2D eigenvalue weighted by molar-refractivity contribution is 9.08. The van der Waals surface area contributed by atoms with Crippen molar-refractivity contribution in [2.24, 2.45) is 0 Å². The van der Waals surface area contributed by atoms with E-state index in [0.717, 1.165) is 16.0 Å². The maximum absolute atomic E-state index is 4.54.